The highest BCUT2D eigenvalue weighted by Gasteiger charge is 2.47. The van der Waals surface area contributed by atoms with E-state index in [1.54, 1.807) is 0 Å². The number of aliphatic hydroxyl groups is 3. The number of carboxylic acid groups (broad SMARTS) is 1. The first kappa shape index (κ1) is 44.2. The highest BCUT2D eigenvalue weighted by molar-refractivity contribution is 5.73. The Morgan fingerprint density at radius 3 is 1.78 bits per heavy atom. The smallest absolute Gasteiger partial charge is 0.335 e. The quantitative estimate of drug-likeness (QED) is 0.0415. The SMILES string of the molecule is CC/C=C\C/C=C\C/C=C\C/C=C\CCC(=O)OCC(COC1OC(C(=O)O)C(O)C(O)C1O)OC(=O)CCCCCCCCCCCC. The number of carboxylic acids is 1. The zero-order chi connectivity index (χ0) is 36.1. The van der Waals surface area contributed by atoms with Crippen molar-refractivity contribution in [3.05, 3.63) is 48.6 Å². The molecule has 0 aliphatic carbocycles. The number of aliphatic carboxylic acids is 1. The summed E-state index contributed by atoms with van der Waals surface area (Å²) >= 11 is 0. The summed E-state index contributed by atoms with van der Waals surface area (Å²) in [7, 11) is 0. The Morgan fingerprint density at radius 1 is 0.653 bits per heavy atom. The second-order valence-corrected chi connectivity index (χ2v) is 12.3. The number of allylic oxidation sites excluding steroid dienone is 8. The molecule has 0 aromatic heterocycles. The van der Waals surface area contributed by atoms with E-state index in [1.165, 1.54) is 38.5 Å². The predicted octanol–water partition coefficient (Wildman–Crippen LogP) is 6.25. The number of esters is 2. The van der Waals surface area contributed by atoms with Crippen LogP contribution >= 0.6 is 0 Å². The fourth-order valence-corrected chi connectivity index (χ4v) is 5.07. The molecule has 1 aliphatic rings. The summed E-state index contributed by atoms with van der Waals surface area (Å²) in [4.78, 5) is 36.5. The van der Waals surface area contributed by atoms with Crippen LogP contribution < -0.4 is 0 Å². The lowest BCUT2D eigenvalue weighted by atomic mass is 9.99. The first-order valence-corrected chi connectivity index (χ1v) is 18.2. The molecule has 1 rings (SSSR count). The van der Waals surface area contributed by atoms with E-state index in [4.69, 9.17) is 18.9 Å². The van der Waals surface area contributed by atoms with Crippen molar-refractivity contribution >= 4 is 17.9 Å². The summed E-state index contributed by atoms with van der Waals surface area (Å²) in [5, 5.41) is 39.5. The van der Waals surface area contributed by atoms with Gasteiger partial charge >= 0.3 is 17.9 Å². The van der Waals surface area contributed by atoms with Crippen LogP contribution in [0, 0.1) is 0 Å². The fraction of sp³-hybridized carbons (Fsp3) is 0.711. The molecule has 11 nitrogen and oxygen atoms in total. The average Bonchev–Trinajstić information content (AvgIpc) is 3.08. The molecule has 6 unspecified atom stereocenters. The van der Waals surface area contributed by atoms with E-state index in [2.05, 4.69) is 50.3 Å². The van der Waals surface area contributed by atoms with Gasteiger partial charge in [-0.3, -0.25) is 9.59 Å². The number of hydrogen-bond acceptors (Lipinski definition) is 10. The Hall–Kier alpha value is -2.83. The number of carbonyl (C=O) groups is 3. The van der Waals surface area contributed by atoms with Crippen LogP contribution in [0.2, 0.25) is 0 Å². The number of rotatable bonds is 28. The molecule has 1 fully saturated rings. The van der Waals surface area contributed by atoms with Crippen molar-refractivity contribution in [1.82, 2.24) is 0 Å². The summed E-state index contributed by atoms with van der Waals surface area (Å²) in [6.07, 6.45) is 22.0. The molecule has 1 saturated heterocycles. The summed E-state index contributed by atoms with van der Waals surface area (Å²) in [6.45, 7) is 3.57. The van der Waals surface area contributed by atoms with Gasteiger partial charge in [-0.25, -0.2) is 4.79 Å². The van der Waals surface area contributed by atoms with Gasteiger partial charge in [-0.05, 0) is 38.5 Å². The van der Waals surface area contributed by atoms with E-state index in [0.717, 1.165) is 44.9 Å². The molecule has 1 heterocycles. The second kappa shape index (κ2) is 29.0. The predicted molar refractivity (Wildman–Crippen MR) is 188 cm³/mol. The molecular formula is C38H62O11. The molecule has 0 aromatic rings. The summed E-state index contributed by atoms with van der Waals surface area (Å²) < 4.78 is 21.5. The van der Waals surface area contributed by atoms with Crippen LogP contribution in [0.3, 0.4) is 0 Å². The van der Waals surface area contributed by atoms with E-state index in [9.17, 15) is 34.8 Å². The van der Waals surface area contributed by atoms with Crippen LogP contribution in [-0.2, 0) is 33.3 Å². The largest absolute Gasteiger partial charge is 0.479 e. The minimum atomic E-state index is -1.87. The maximum atomic E-state index is 12.6. The maximum absolute atomic E-state index is 12.6. The lowest BCUT2D eigenvalue weighted by Gasteiger charge is -2.38. The van der Waals surface area contributed by atoms with Gasteiger partial charge in [0.25, 0.3) is 0 Å². The van der Waals surface area contributed by atoms with Gasteiger partial charge in [-0.2, -0.15) is 0 Å². The molecular weight excluding hydrogens is 632 g/mol. The van der Waals surface area contributed by atoms with Gasteiger partial charge in [-0.1, -0.05) is 120 Å². The number of aliphatic hydroxyl groups excluding tert-OH is 3. The molecule has 0 radical (unpaired) electrons. The van der Waals surface area contributed by atoms with Gasteiger partial charge < -0.3 is 39.4 Å². The van der Waals surface area contributed by atoms with Crippen molar-refractivity contribution in [3.8, 4) is 0 Å². The van der Waals surface area contributed by atoms with Crippen LogP contribution in [0.25, 0.3) is 0 Å². The van der Waals surface area contributed by atoms with Crippen LogP contribution in [0.15, 0.2) is 48.6 Å². The van der Waals surface area contributed by atoms with Gasteiger partial charge in [0.1, 0.15) is 24.9 Å². The second-order valence-electron chi connectivity index (χ2n) is 12.3. The lowest BCUT2D eigenvalue weighted by Crippen LogP contribution is -2.60. The molecule has 0 bridgehead atoms. The van der Waals surface area contributed by atoms with Crippen molar-refractivity contribution < 1.29 is 53.8 Å². The molecule has 0 saturated carbocycles. The topological polar surface area (TPSA) is 169 Å². The van der Waals surface area contributed by atoms with Crippen molar-refractivity contribution in [2.75, 3.05) is 13.2 Å². The standard InChI is InChI=1S/C38H62O11/c1-3-5-7-9-11-13-15-16-17-19-20-22-24-26-31(39)46-28-30(29-47-38-35(43)33(41)34(42)36(49-38)37(44)45)48-32(40)27-25-23-21-18-14-12-10-8-6-4-2/h5,7,11,13,16-17,20,22,30,33-36,38,41-43H,3-4,6,8-10,12,14-15,18-19,21,23-29H2,1-2H3,(H,44,45)/b7-5-,13-11-,17-16-,22-20-. The summed E-state index contributed by atoms with van der Waals surface area (Å²) in [5.41, 5.74) is 0. The van der Waals surface area contributed by atoms with Crippen LogP contribution in [0.4, 0.5) is 0 Å². The first-order chi connectivity index (χ1) is 23.7. The normalized spacial score (nSPS) is 22.0. The van der Waals surface area contributed by atoms with E-state index in [-0.39, 0.29) is 19.4 Å². The zero-order valence-electron chi connectivity index (χ0n) is 29.7. The minimum Gasteiger partial charge on any atom is -0.479 e. The average molecular weight is 695 g/mol. The van der Waals surface area contributed by atoms with Gasteiger partial charge in [0.2, 0.25) is 0 Å². The summed E-state index contributed by atoms with van der Waals surface area (Å²) in [5.74, 6) is -2.56. The monoisotopic (exact) mass is 694 g/mol. The number of ether oxygens (including phenoxy) is 4. The lowest BCUT2D eigenvalue weighted by molar-refractivity contribution is -0.298. The molecule has 0 amide bonds. The molecule has 280 valence electrons. The third-order valence-electron chi connectivity index (χ3n) is 7.96. The molecule has 49 heavy (non-hydrogen) atoms. The van der Waals surface area contributed by atoms with Crippen LogP contribution in [-0.4, -0.2) is 88.4 Å². The number of carbonyl (C=O) groups excluding carboxylic acids is 2. The van der Waals surface area contributed by atoms with E-state index < -0.39 is 61.3 Å². The van der Waals surface area contributed by atoms with Gasteiger partial charge in [-0.15, -0.1) is 0 Å². The Balaban J connectivity index is 2.53. The Bertz CT molecular complexity index is 1010. The molecule has 0 aromatic carbocycles. The molecule has 4 N–H and O–H groups in total. The van der Waals surface area contributed by atoms with E-state index >= 15 is 0 Å². The highest BCUT2D eigenvalue weighted by atomic mass is 16.7. The first-order valence-electron chi connectivity index (χ1n) is 18.2. The Labute approximate surface area is 293 Å². The van der Waals surface area contributed by atoms with Crippen LogP contribution in [0.5, 0.6) is 0 Å². The van der Waals surface area contributed by atoms with Crippen molar-refractivity contribution in [2.24, 2.45) is 0 Å². The van der Waals surface area contributed by atoms with Crippen molar-refractivity contribution in [2.45, 2.75) is 160 Å². The van der Waals surface area contributed by atoms with E-state index in [0.29, 0.717) is 12.8 Å². The number of unbranched alkanes of at least 4 members (excludes halogenated alkanes) is 9. The third kappa shape index (κ3) is 21.8. The van der Waals surface area contributed by atoms with Crippen molar-refractivity contribution in [3.63, 3.8) is 0 Å². The molecule has 6 atom stereocenters. The van der Waals surface area contributed by atoms with Gasteiger partial charge in [0.15, 0.2) is 18.5 Å². The molecule has 1 aliphatic heterocycles. The highest BCUT2D eigenvalue weighted by Crippen LogP contribution is 2.23. The Morgan fingerprint density at radius 2 is 1.20 bits per heavy atom. The minimum absolute atomic E-state index is 0.114. The molecule has 11 heteroatoms. The maximum Gasteiger partial charge on any atom is 0.335 e. The van der Waals surface area contributed by atoms with Gasteiger partial charge in [0.05, 0.1) is 6.61 Å². The summed E-state index contributed by atoms with van der Waals surface area (Å²) in [6, 6.07) is 0. The van der Waals surface area contributed by atoms with E-state index in [1.807, 2.05) is 12.2 Å². The van der Waals surface area contributed by atoms with Gasteiger partial charge in [0, 0.05) is 12.8 Å². The number of hydrogen-bond donors (Lipinski definition) is 4. The van der Waals surface area contributed by atoms with Crippen molar-refractivity contribution in [1.29, 1.82) is 0 Å². The zero-order valence-corrected chi connectivity index (χ0v) is 29.7. The third-order valence-corrected chi connectivity index (χ3v) is 7.96. The molecule has 0 spiro atoms. The van der Waals surface area contributed by atoms with Crippen LogP contribution in [0.1, 0.15) is 123 Å². The fourth-order valence-electron chi connectivity index (χ4n) is 5.07. The Kier molecular flexibility index (Phi) is 26.1.